The summed E-state index contributed by atoms with van der Waals surface area (Å²) in [4.78, 5) is 0. The molecule has 0 saturated heterocycles. The van der Waals surface area contributed by atoms with Gasteiger partial charge in [-0.25, -0.2) is 0 Å². The maximum Gasteiger partial charge on any atom is 0.0323 e. The lowest BCUT2D eigenvalue weighted by Crippen LogP contribution is -2.17. The highest BCUT2D eigenvalue weighted by Gasteiger charge is 2.13. The third-order valence-electron chi connectivity index (χ3n) is 3.93. The molecule has 0 bridgehead atoms. The summed E-state index contributed by atoms with van der Waals surface area (Å²) < 4.78 is 0. The van der Waals surface area contributed by atoms with Crippen molar-refractivity contribution >= 4 is 10.8 Å². The van der Waals surface area contributed by atoms with Gasteiger partial charge in [0, 0.05) is 6.04 Å². The molecule has 1 nitrogen and oxygen atoms in total. The largest absolute Gasteiger partial charge is 0.313 e. The maximum atomic E-state index is 3.49. The van der Waals surface area contributed by atoms with Gasteiger partial charge < -0.3 is 5.32 Å². The van der Waals surface area contributed by atoms with Gasteiger partial charge in [0.1, 0.15) is 0 Å². The van der Waals surface area contributed by atoms with Crippen LogP contribution in [0.15, 0.2) is 36.4 Å². The van der Waals surface area contributed by atoms with Crippen LogP contribution in [0.2, 0.25) is 0 Å². The van der Waals surface area contributed by atoms with Gasteiger partial charge in [-0.2, -0.15) is 0 Å². The van der Waals surface area contributed by atoms with Crippen LogP contribution in [0.4, 0.5) is 0 Å². The van der Waals surface area contributed by atoms with Crippen molar-refractivity contribution in [3.8, 4) is 0 Å². The van der Waals surface area contributed by atoms with Crippen LogP contribution in [0.5, 0.6) is 0 Å². The first-order valence-electron chi connectivity index (χ1n) is 7.29. The lowest BCUT2D eigenvalue weighted by Gasteiger charge is -2.20. The molecule has 1 N–H and O–H groups in total. The number of rotatable bonds is 5. The average molecular weight is 255 g/mol. The first-order valence-corrected chi connectivity index (χ1v) is 7.29. The lowest BCUT2D eigenvalue weighted by molar-refractivity contribution is 0.467. The second-order valence-electron chi connectivity index (χ2n) is 5.83. The summed E-state index contributed by atoms with van der Waals surface area (Å²) in [5.41, 5.74) is 2.79. The van der Waals surface area contributed by atoms with Crippen LogP contribution in [-0.2, 0) is 0 Å². The van der Waals surface area contributed by atoms with Crippen LogP contribution in [0.3, 0.4) is 0 Å². The zero-order chi connectivity index (χ0) is 13.8. The Morgan fingerprint density at radius 1 is 0.947 bits per heavy atom. The van der Waals surface area contributed by atoms with E-state index < -0.39 is 0 Å². The molecule has 0 amide bonds. The summed E-state index contributed by atoms with van der Waals surface area (Å²) in [5, 5.41) is 6.26. The first-order chi connectivity index (χ1) is 9.13. The fraction of sp³-hybridized carbons (Fsp3) is 0.444. The summed E-state index contributed by atoms with van der Waals surface area (Å²) in [6, 6.07) is 13.7. The molecule has 0 spiro atoms. The van der Waals surface area contributed by atoms with Gasteiger partial charge in [-0.1, -0.05) is 50.2 Å². The Morgan fingerprint density at radius 3 is 2.26 bits per heavy atom. The highest BCUT2D eigenvalue weighted by molar-refractivity contribution is 5.88. The van der Waals surface area contributed by atoms with E-state index in [0.29, 0.717) is 6.04 Å². The molecule has 1 unspecified atom stereocenters. The van der Waals surface area contributed by atoms with Crippen molar-refractivity contribution in [3.05, 3.63) is 47.5 Å². The Balaban J connectivity index is 2.40. The molecule has 0 fully saturated rings. The van der Waals surface area contributed by atoms with Crippen LogP contribution < -0.4 is 5.32 Å². The average Bonchev–Trinajstić information content (AvgIpc) is 2.41. The van der Waals surface area contributed by atoms with Gasteiger partial charge in [-0.15, -0.1) is 0 Å². The van der Waals surface area contributed by atoms with E-state index in [1.165, 1.54) is 34.7 Å². The fourth-order valence-electron chi connectivity index (χ4n) is 2.73. The molecule has 102 valence electrons. The summed E-state index contributed by atoms with van der Waals surface area (Å²) in [7, 11) is 2.07. The SMILES string of the molecule is CNC(CCC(C)C)c1ccc(C)c2ccccc12. The van der Waals surface area contributed by atoms with E-state index >= 15 is 0 Å². The molecular formula is C18H25N. The van der Waals surface area contributed by atoms with Gasteiger partial charge in [-0.3, -0.25) is 0 Å². The van der Waals surface area contributed by atoms with E-state index in [0.717, 1.165) is 5.92 Å². The maximum absolute atomic E-state index is 3.49. The lowest BCUT2D eigenvalue weighted by atomic mass is 9.92. The van der Waals surface area contributed by atoms with Gasteiger partial charge in [0.2, 0.25) is 0 Å². The fourth-order valence-corrected chi connectivity index (χ4v) is 2.73. The molecule has 0 aliphatic carbocycles. The van der Waals surface area contributed by atoms with Crippen molar-refractivity contribution in [2.45, 2.75) is 39.7 Å². The topological polar surface area (TPSA) is 12.0 Å². The first kappa shape index (κ1) is 14.1. The third kappa shape index (κ3) is 3.16. The number of nitrogens with one attached hydrogen (secondary N) is 1. The van der Waals surface area contributed by atoms with E-state index in [4.69, 9.17) is 0 Å². The molecule has 0 radical (unpaired) electrons. The molecule has 1 heteroatoms. The van der Waals surface area contributed by atoms with Crippen molar-refractivity contribution < 1.29 is 0 Å². The van der Waals surface area contributed by atoms with E-state index in [1.807, 2.05) is 0 Å². The highest BCUT2D eigenvalue weighted by atomic mass is 14.9. The van der Waals surface area contributed by atoms with Crippen LogP contribution in [0.1, 0.15) is 43.9 Å². The number of fused-ring (bicyclic) bond motifs is 1. The van der Waals surface area contributed by atoms with Crippen LogP contribution in [0.25, 0.3) is 10.8 Å². The standard InChI is InChI=1S/C18H25N/c1-13(2)9-12-18(19-4)17-11-10-14(3)15-7-5-6-8-16(15)17/h5-8,10-11,13,18-19H,9,12H2,1-4H3. The molecule has 0 aliphatic rings. The second-order valence-corrected chi connectivity index (χ2v) is 5.83. The minimum absolute atomic E-state index is 0.452. The van der Waals surface area contributed by atoms with Gasteiger partial charge in [0.15, 0.2) is 0 Å². The van der Waals surface area contributed by atoms with E-state index in [9.17, 15) is 0 Å². The Morgan fingerprint density at radius 2 is 1.63 bits per heavy atom. The normalized spacial score (nSPS) is 13.1. The molecule has 0 aromatic heterocycles. The molecule has 2 rings (SSSR count). The van der Waals surface area contributed by atoms with Crippen molar-refractivity contribution in [1.29, 1.82) is 0 Å². The molecule has 19 heavy (non-hydrogen) atoms. The predicted molar refractivity (Wildman–Crippen MR) is 84.6 cm³/mol. The zero-order valence-electron chi connectivity index (χ0n) is 12.5. The second kappa shape index (κ2) is 6.21. The number of hydrogen-bond donors (Lipinski definition) is 1. The van der Waals surface area contributed by atoms with Gasteiger partial charge in [-0.05, 0) is 54.6 Å². The summed E-state index contributed by atoms with van der Waals surface area (Å²) in [6.45, 7) is 6.77. The molecule has 1 atom stereocenters. The number of benzene rings is 2. The van der Waals surface area contributed by atoms with E-state index in [-0.39, 0.29) is 0 Å². The summed E-state index contributed by atoms with van der Waals surface area (Å²) in [6.07, 6.45) is 2.45. The van der Waals surface area contributed by atoms with E-state index in [2.05, 4.69) is 69.5 Å². The quantitative estimate of drug-likeness (QED) is 0.805. The molecule has 0 aliphatic heterocycles. The monoisotopic (exact) mass is 255 g/mol. The molecule has 2 aromatic carbocycles. The van der Waals surface area contributed by atoms with Crippen molar-refractivity contribution in [2.24, 2.45) is 5.92 Å². The Bertz CT molecular complexity index is 542. The van der Waals surface area contributed by atoms with Gasteiger partial charge in [0.25, 0.3) is 0 Å². The van der Waals surface area contributed by atoms with Crippen molar-refractivity contribution in [1.82, 2.24) is 5.32 Å². The molecule has 2 aromatic rings. The zero-order valence-corrected chi connectivity index (χ0v) is 12.5. The molecule has 0 heterocycles. The highest BCUT2D eigenvalue weighted by Crippen LogP contribution is 2.29. The third-order valence-corrected chi connectivity index (χ3v) is 3.93. The molecule has 0 saturated carbocycles. The Kier molecular flexibility index (Phi) is 4.60. The number of aryl methyl sites for hydroxylation is 1. The molecular weight excluding hydrogens is 230 g/mol. The predicted octanol–water partition coefficient (Wildman–Crippen LogP) is 4.84. The number of hydrogen-bond acceptors (Lipinski definition) is 1. The summed E-state index contributed by atoms with van der Waals surface area (Å²) in [5.74, 6) is 0.757. The summed E-state index contributed by atoms with van der Waals surface area (Å²) >= 11 is 0. The van der Waals surface area contributed by atoms with E-state index in [1.54, 1.807) is 0 Å². The van der Waals surface area contributed by atoms with Crippen molar-refractivity contribution in [2.75, 3.05) is 7.05 Å². The Labute approximate surface area is 117 Å². The Hall–Kier alpha value is -1.34. The minimum Gasteiger partial charge on any atom is -0.313 e. The van der Waals surface area contributed by atoms with Gasteiger partial charge >= 0.3 is 0 Å². The van der Waals surface area contributed by atoms with Crippen LogP contribution >= 0.6 is 0 Å². The van der Waals surface area contributed by atoms with Crippen molar-refractivity contribution in [3.63, 3.8) is 0 Å². The smallest absolute Gasteiger partial charge is 0.0323 e. The van der Waals surface area contributed by atoms with Gasteiger partial charge in [0.05, 0.1) is 0 Å². The minimum atomic E-state index is 0.452. The van der Waals surface area contributed by atoms with Crippen LogP contribution in [-0.4, -0.2) is 7.05 Å². The van der Waals surface area contributed by atoms with Crippen LogP contribution in [0, 0.1) is 12.8 Å².